The summed E-state index contributed by atoms with van der Waals surface area (Å²) in [6, 6.07) is 1.74. The molecule has 2 N–H and O–H groups in total. The van der Waals surface area contributed by atoms with Crippen molar-refractivity contribution >= 4 is 17.0 Å². The van der Waals surface area contributed by atoms with Crippen LogP contribution in [0.25, 0.3) is 11.1 Å². The number of aromatic nitrogens is 2. The molecule has 1 aliphatic rings. The number of nitrogens with one attached hydrogen (secondary N) is 1. The Bertz CT molecular complexity index is 715. The summed E-state index contributed by atoms with van der Waals surface area (Å²) in [5, 5.41) is 18.1. The third-order valence-electron chi connectivity index (χ3n) is 4.60. The van der Waals surface area contributed by atoms with Crippen molar-refractivity contribution in [1.82, 2.24) is 15.5 Å². The summed E-state index contributed by atoms with van der Waals surface area (Å²) < 4.78 is 5.16. The lowest BCUT2D eigenvalue weighted by molar-refractivity contribution is 0.0246. The van der Waals surface area contributed by atoms with Gasteiger partial charge >= 0.3 is 0 Å². The quantitative estimate of drug-likeness (QED) is 0.850. The molecule has 1 amide bonds. The first-order valence-electron chi connectivity index (χ1n) is 8.23. The van der Waals surface area contributed by atoms with Gasteiger partial charge in [0.15, 0.2) is 0 Å². The normalized spacial score (nSPS) is 17.9. The zero-order valence-corrected chi connectivity index (χ0v) is 13.7. The predicted octanol–water partition coefficient (Wildman–Crippen LogP) is 2.65. The molecule has 1 fully saturated rings. The van der Waals surface area contributed by atoms with Crippen LogP contribution in [0, 0.1) is 13.8 Å². The predicted molar refractivity (Wildman–Crippen MR) is 86.3 cm³/mol. The number of fused-ring (bicyclic) bond motifs is 1. The van der Waals surface area contributed by atoms with Crippen LogP contribution in [-0.2, 0) is 0 Å². The van der Waals surface area contributed by atoms with Gasteiger partial charge in [-0.25, -0.2) is 4.98 Å². The molecule has 0 bridgehead atoms. The second-order valence-electron chi connectivity index (χ2n) is 6.58. The van der Waals surface area contributed by atoms with Gasteiger partial charge in [0, 0.05) is 12.2 Å². The van der Waals surface area contributed by atoms with Gasteiger partial charge in [-0.2, -0.15) is 0 Å². The molecular weight excluding hydrogens is 294 g/mol. The summed E-state index contributed by atoms with van der Waals surface area (Å²) in [6.07, 6.45) is 5.81. The van der Waals surface area contributed by atoms with Gasteiger partial charge < -0.3 is 14.9 Å². The van der Waals surface area contributed by atoms with Crippen LogP contribution in [0.2, 0.25) is 0 Å². The highest BCUT2D eigenvalue weighted by Gasteiger charge is 2.29. The van der Waals surface area contributed by atoms with Crippen molar-refractivity contribution < 1.29 is 14.4 Å². The average molecular weight is 317 g/mol. The molecule has 0 aromatic carbocycles. The molecule has 6 heteroatoms. The van der Waals surface area contributed by atoms with Crippen LogP contribution in [0.3, 0.4) is 0 Å². The second kappa shape index (κ2) is 6.28. The molecule has 23 heavy (non-hydrogen) atoms. The first kappa shape index (κ1) is 15.9. The van der Waals surface area contributed by atoms with Gasteiger partial charge in [-0.1, -0.05) is 30.8 Å². The molecule has 2 heterocycles. The number of aryl methyl sites for hydroxylation is 2. The van der Waals surface area contributed by atoms with E-state index in [1.807, 2.05) is 6.92 Å². The number of amides is 1. The van der Waals surface area contributed by atoms with Gasteiger partial charge in [-0.15, -0.1) is 0 Å². The lowest BCUT2D eigenvalue weighted by atomic mass is 9.94. The van der Waals surface area contributed by atoms with Crippen LogP contribution in [0.5, 0.6) is 0 Å². The Hall–Kier alpha value is -1.95. The van der Waals surface area contributed by atoms with E-state index in [2.05, 4.69) is 15.5 Å². The molecule has 0 spiro atoms. The smallest absolute Gasteiger partial charge is 0.258 e. The Labute approximate surface area is 135 Å². The van der Waals surface area contributed by atoms with Gasteiger partial charge in [0.05, 0.1) is 22.2 Å². The van der Waals surface area contributed by atoms with Crippen LogP contribution in [0.15, 0.2) is 10.6 Å². The van der Waals surface area contributed by atoms with E-state index < -0.39 is 5.60 Å². The van der Waals surface area contributed by atoms with E-state index in [1.54, 1.807) is 13.0 Å². The zero-order chi connectivity index (χ0) is 16.4. The summed E-state index contributed by atoms with van der Waals surface area (Å²) in [5.74, 6) is -0.218. The number of carbonyl (C=O) groups is 1. The number of nitrogens with zero attached hydrogens (tertiary/aromatic N) is 2. The van der Waals surface area contributed by atoms with E-state index in [-0.39, 0.29) is 12.5 Å². The van der Waals surface area contributed by atoms with Crippen molar-refractivity contribution in [2.45, 2.75) is 58.0 Å². The monoisotopic (exact) mass is 317 g/mol. The van der Waals surface area contributed by atoms with Gasteiger partial charge in [-0.3, -0.25) is 4.79 Å². The molecule has 124 valence electrons. The SMILES string of the molecule is Cc1cc(C(=O)NCC2(O)CCCCCC2)c2c(C)noc2n1. The van der Waals surface area contributed by atoms with Crippen molar-refractivity contribution in [1.29, 1.82) is 0 Å². The molecule has 6 nitrogen and oxygen atoms in total. The maximum atomic E-state index is 12.6. The summed E-state index contributed by atoms with van der Waals surface area (Å²) in [4.78, 5) is 16.9. The molecular formula is C17H23N3O3. The molecule has 0 aliphatic heterocycles. The highest BCUT2D eigenvalue weighted by molar-refractivity contribution is 6.06. The maximum absolute atomic E-state index is 12.6. The van der Waals surface area contributed by atoms with Crippen molar-refractivity contribution in [2.24, 2.45) is 0 Å². The third-order valence-corrected chi connectivity index (χ3v) is 4.60. The minimum Gasteiger partial charge on any atom is -0.388 e. The number of hydrogen-bond donors (Lipinski definition) is 2. The number of aliphatic hydroxyl groups is 1. The van der Waals surface area contributed by atoms with E-state index in [0.717, 1.165) is 38.5 Å². The molecule has 3 rings (SSSR count). The average Bonchev–Trinajstić information content (AvgIpc) is 2.75. The second-order valence-corrected chi connectivity index (χ2v) is 6.58. The van der Waals surface area contributed by atoms with E-state index >= 15 is 0 Å². The standard InChI is InChI=1S/C17H23N3O3/c1-11-9-13(14-12(2)20-23-16(14)19-11)15(21)18-10-17(22)7-5-3-4-6-8-17/h9,22H,3-8,10H2,1-2H3,(H,18,21). The largest absolute Gasteiger partial charge is 0.388 e. The summed E-state index contributed by atoms with van der Waals surface area (Å²) in [7, 11) is 0. The minimum atomic E-state index is -0.795. The Kier molecular flexibility index (Phi) is 4.35. The molecule has 1 saturated carbocycles. The van der Waals surface area contributed by atoms with Gasteiger partial charge in [0.25, 0.3) is 11.6 Å². The maximum Gasteiger partial charge on any atom is 0.258 e. The fourth-order valence-corrected chi connectivity index (χ4v) is 3.30. The van der Waals surface area contributed by atoms with Crippen molar-refractivity contribution in [2.75, 3.05) is 6.54 Å². The summed E-state index contributed by atoms with van der Waals surface area (Å²) >= 11 is 0. The number of carbonyl (C=O) groups excluding carboxylic acids is 1. The Morgan fingerprint density at radius 1 is 1.30 bits per heavy atom. The highest BCUT2D eigenvalue weighted by atomic mass is 16.5. The van der Waals surface area contributed by atoms with E-state index in [9.17, 15) is 9.90 Å². The fourth-order valence-electron chi connectivity index (χ4n) is 3.30. The number of pyridine rings is 1. The van der Waals surface area contributed by atoms with Gasteiger partial charge in [0.2, 0.25) is 0 Å². The molecule has 0 saturated heterocycles. The number of rotatable bonds is 3. The Balaban J connectivity index is 1.79. The molecule has 0 unspecified atom stereocenters. The molecule has 0 radical (unpaired) electrons. The van der Waals surface area contributed by atoms with Crippen molar-refractivity contribution in [3.63, 3.8) is 0 Å². The van der Waals surface area contributed by atoms with E-state index in [1.165, 1.54) is 0 Å². The molecule has 1 aliphatic carbocycles. The molecule has 0 atom stereocenters. The third kappa shape index (κ3) is 3.37. The van der Waals surface area contributed by atoms with E-state index in [4.69, 9.17) is 4.52 Å². The minimum absolute atomic E-state index is 0.218. The van der Waals surface area contributed by atoms with Crippen LogP contribution >= 0.6 is 0 Å². The number of hydrogen-bond acceptors (Lipinski definition) is 5. The lowest BCUT2D eigenvalue weighted by Crippen LogP contribution is -2.42. The van der Waals surface area contributed by atoms with Crippen molar-refractivity contribution in [3.8, 4) is 0 Å². The topological polar surface area (TPSA) is 88.2 Å². The van der Waals surface area contributed by atoms with Gasteiger partial charge in [-0.05, 0) is 32.8 Å². The van der Waals surface area contributed by atoms with E-state index in [0.29, 0.717) is 28.1 Å². The highest BCUT2D eigenvalue weighted by Crippen LogP contribution is 2.27. The van der Waals surface area contributed by atoms with Crippen LogP contribution in [-0.4, -0.2) is 33.3 Å². The Morgan fingerprint density at radius 3 is 2.70 bits per heavy atom. The molecule has 2 aromatic heterocycles. The van der Waals surface area contributed by atoms with Crippen LogP contribution < -0.4 is 5.32 Å². The fraction of sp³-hybridized carbons (Fsp3) is 0.588. The summed E-state index contributed by atoms with van der Waals surface area (Å²) in [5.41, 5.74) is 1.43. The lowest BCUT2D eigenvalue weighted by Gasteiger charge is -2.26. The van der Waals surface area contributed by atoms with Gasteiger partial charge in [0.1, 0.15) is 0 Å². The Morgan fingerprint density at radius 2 is 2.00 bits per heavy atom. The molecule has 2 aromatic rings. The first-order chi connectivity index (χ1) is 11.0. The van der Waals surface area contributed by atoms with Crippen molar-refractivity contribution in [3.05, 3.63) is 23.0 Å². The van der Waals surface area contributed by atoms with Crippen LogP contribution in [0.4, 0.5) is 0 Å². The van der Waals surface area contributed by atoms with Crippen LogP contribution in [0.1, 0.15) is 60.3 Å². The summed E-state index contributed by atoms with van der Waals surface area (Å²) in [6.45, 7) is 3.88. The first-order valence-corrected chi connectivity index (χ1v) is 8.23. The zero-order valence-electron chi connectivity index (χ0n) is 13.7.